The number of piperidine rings is 1. The van der Waals surface area contributed by atoms with Gasteiger partial charge in [-0.3, -0.25) is 9.69 Å². The fraction of sp³-hybridized carbons (Fsp3) is 0.737. The Morgan fingerprint density at radius 2 is 2.08 bits per heavy atom. The van der Waals surface area contributed by atoms with Crippen LogP contribution in [-0.2, 0) is 16.1 Å². The Bertz CT molecular complexity index is 555. The Hall–Kier alpha value is -1.18. The average Bonchev–Trinajstić information content (AvgIpc) is 3.20. The summed E-state index contributed by atoms with van der Waals surface area (Å²) < 4.78 is 5.54. The minimum atomic E-state index is 0.175. The van der Waals surface area contributed by atoms with Gasteiger partial charge in [-0.2, -0.15) is 0 Å². The molecule has 1 aromatic heterocycles. The van der Waals surface area contributed by atoms with E-state index >= 15 is 0 Å². The number of ether oxygens (including phenoxy) is 1. The first-order valence-corrected chi connectivity index (χ1v) is 10.9. The van der Waals surface area contributed by atoms with E-state index in [1.165, 1.54) is 18.4 Å². The lowest BCUT2D eigenvalue weighted by molar-refractivity contribution is -0.122. The molecule has 0 radical (unpaired) electrons. The number of carbonyl (C=O) groups excluding carboxylic acids is 1. The third-order valence-corrected chi connectivity index (χ3v) is 5.88. The molecule has 0 bridgehead atoms. The lowest BCUT2D eigenvalue weighted by Crippen LogP contribution is -2.34. The fourth-order valence-electron chi connectivity index (χ4n) is 3.68. The Labute approximate surface area is 160 Å². The molecule has 2 aliphatic heterocycles. The Morgan fingerprint density at radius 1 is 1.31 bits per heavy atom. The number of hydrogen-bond acceptors (Lipinski definition) is 6. The van der Waals surface area contributed by atoms with Gasteiger partial charge in [0.2, 0.25) is 5.91 Å². The van der Waals surface area contributed by atoms with E-state index < -0.39 is 0 Å². The maximum Gasteiger partial charge on any atom is 0.220 e. The van der Waals surface area contributed by atoms with Gasteiger partial charge in [0.15, 0.2) is 5.16 Å². The van der Waals surface area contributed by atoms with Crippen molar-refractivity contribution in [2.24, 2.45) is 5.92 Å². The molecule has 2 saturated heterocycles. The number of hydrogen-bond donors (Lipinski definition) is 1. The van der Waals surface area contributed by atoms with E-state index in [4.69, 9.17) is 4.74 Å². The number of amides is 1. The molecule has 2 fully saturated rings. The van der Waals surface area contributed by atoms with Gasteiger partial charge < -0.3 is 10.1 Å². The summed E-state index contributed by atoms with van der Waals surface area (Å²) in [5.41, 5.74) is 1.18. The average molecular weight is 379 g/mol. The van der Waals surface area contributed by atoms with Crippen molar-refractivity contribution in [1.29, 1.82) is 0 Å². The smallest absolute Gasteiger partial charge is 0.220 e. The number of likely N-dealkylation sites (tertiary alicyclic amines) is 1. The van der Waals surface area contributed by atoms with Gasteiger partial charge in [-0.15, -0.1) is 0 Å². The molecule has 3 rings (SSSR count). The summed E-state index contributed by atoms with van der Waals surface area (Å²) in [7, 11) is 0. The second kappa shape index (κ2) is 10.2. The van der Waals surface area contributed by atoms with Gasteiger partial charge in [-0.25, -0.2) is 9.97 Å². The molecular weight excluding hydrogens is 348 g/mol. The molecule has 0 saturated carbocycles. The molecular formula is C19H30N4O2S. The second-order valence-electron chi connectivity index (χ2n) is 7.28. The van der Waals surface area contributed by atoms with E-state index in [1.807, 2.05) is 18.6 Å². The van der Waals surface area contributed by atoms with E-state index in [0.717, 1.165) is 50.7 Å². The highest BCUT2D eigenvalue weighted by atomic mass is 32.2. The Balaban J connectivity index is 1.29. The van der Waals surface area contributed by atoms with Crippen molar-refractivity contribution in [3.63, 3.8) is 0 Å². The highest BCUT2D eigenvalue weighted by Crippen LogP contribution is 2.23. The van der Waals surface area contributed by atoms with Crippen LogP contribution in [0.25, 0.3) is 0 Å². The highest BCUT2D eigenvalue weighted by molar-refractivity contribution is 7.98. The van der Waals surface area contributed by atoms with Crippen molar-refractivity contribution < 1.29 is 9.53 Å². The number of carbonyl (C=O) groups is 1. The van der Waals surface area contributed by atoms with Crippen LogP contribution < -0.4 is 5.32 Å². The topological polar surface area (TPSA) is 67.4 Å². The van der Waals surface area contributed by atoms with E-state index in [0.29, 0.717) is 18.9 Å². The molecule has 1 aromatic rings. The van der Waals surface area contributed by atoms with Crippen LogP contribution in [0.4, 0.5) is 0 Å². The number of nitrogens with zero attached hydrogens (tertiary/aromatic N) is 3. The van der Waals surface area contributed by atoms with Crippen molar-refractivity contribution in [2.45, 2.75) is 56.3 Å². The minimum Gasteiger partial charge on any atom is -0.376 e. The molecule has 0 aliphatic carbocycles. The van der Waals surface area contributed by atoms with Crippen molar-refractivity contribution in [3.05, 3.63) is 18.0 Å². The molecule has 7 heteroatoms. The largest absolute Gasteiger partial charge is 0.376 e. The molecule has 144 valence electrons. The van der Waals surface area contributed by atoms with Gasteiger partial charge in [-0.1, -0.05) is 11.8 Å². The molecule has 3 heterocycles. The predicted molar refractivity (Wildman–Crippen MR) is 103 cm³/mol. The molecule has 2 aliphatic rings. The second-order valence-corrected chi connectivity index (χ2v) is 8.05. The van der Waals surface area contributed by atoms with Crippen LogP contribution >= 0.6 is 11.8 Å². The summed E-state index contributed by atoms with van der Waals surface area (Å²) in [5, 5.41) is 3.85. The van der Waals surface area contributed by atoms with Gasteiger partial charge >= 0.3 is 0 Å². The third-order valence-electron chi connectivity index (χ3n) is 5.31. The van der Waals surface area contributed by atoms with Crippen LogP contribution in [-0.4, -0.2) is 59.4 Å². The third kappa shape index (κ3) is 6.21. The van der Waals surface area contributed by atoms with Crippen LogP contribution in [0.2, 0.25) is 0 Å². The summed E-state index contributed by atoms with van der Waals surface area (Å²) in [6.45, 7) is 4.61. The molecule has 0 spiro atoms. The standard InChI is InChI=1S/C19H30N4O2S/c1-26-19-21-11-16(12-22-19)14-23-8-6-15(7-9-23)4-5-18(24)20-13-17-3-2-10-25-17/h11-12,15,17H,2-10,13-14H2,1H3,(H,20,24)/t17-/m0/s1. The normalized spacial score (nSPS) is 21.8. The molecule has 0 aromatic carbocycles. The SMILES string of the molecule is CSc1ncc(CN2CCC(CCC(=O)NC[C@@H]3CCCO3)CC2)cn1. The van der Waals surface area contributed by atoms with Crippen LogP contribution in [0, 0.1) is 5.92 Å². The van der Waals surface area contributed by atoms with E-state index in [2.05, 4.69) is 20.2 Å². The molecule has 26 heavy (non-hydrogen) atoms. The van der Waals surface area contributed by atoms with Gasteiger partial charge in [0, 0.05) is 44.1 Å². The first kappa shape index (κ1) is 19.6. The summed E-state index contributed by atoms with van der Waals surface area (Å²) in [6.07, 6.45) is 12.3. The Morgan fingerprint density at radius 3 is 2.73 bits per heavy atom. The number of rotatable bonds is 8. The lowest BCUT2D eigenvalue weighted by atomic mass is 9.92. The summed E-state index contributed by atoms with van der Waals surface area (Å²) in [4.78, 5) is 23.2. The van der Waals surface area contributed by atoms with Crippen molar-refractivity contribution in [2.75, 3.05) is 32.5 Å². The van der Waals surface area contributed by atoms with E-state index in [1.54, 1.807) is 11.8 Å². The minimum absolute atomic E-state index is 0.175. The zero-order chi connectivity index (χ0) is 18.2. The van der Waals surface area contributed by atoms with Crippen LogP contribution in [0.5, 0.6) is 0 Å². The molecule has 6 nitrogen and oxygen atoms in total. The first-order chi connectivity index (χ1) is 12.7. The first-order valence-electron chi connectivity index (χ1n) is 9.68. The van der Waals surface area contributed by atoms with Crippen molar-refractivity contribution in [1.82, 2.24) is 20.2 Å². The summed E-state index contributed by atoms with van der Waals surface area (Å²) in [5.74, 6) is 0.837. The van der Waals surface area contributed by atoms with Crippen LogP contribution in [0.3, 0.4) is 0 Å². The molecule has 1 atom stereocenters. The lowest BCUT2D eigenvalue weighted by Gasteiger charge is -2.31. The maximum atomic E-state index is 12.0. The molecule has 1 amide bonds. The van der Waals surface area contributed by atoms with E-state index in [-0.39, 0.29) is 12.0 Å². The van der Waals surface area contributed by atoms with E-state index in [9.17, 15) is 4.79 Å². The van der Waals surface area contributed by atoms with Gasteiger partial charge in [-0.05, 0) is 57.4 Å². The van der Waals surface area contributed by atoms with Gasteiger partial charge in [0.25, 0.3) is 0 Å². The summed E-state index contributed by atoms with van der Waals surface area (Å²) >= 11 is 1.57. The highest BCUT2D eigenvalue weighted by Gasteiger charge is 2.21. The zero-order valence-electron chi connectivity index (χ0n) is 15.7. The maximum absolute atomic E-state index is 12.0. The van der Waals surface area contributed by atoms with Crippen molar-refractivity contribution >= 4 is 17.7 Å². The predicted octanol–water partition coefficient (Wildman–Crippen LogP) is 2.49. The molecule has 0 unspecified atom stereocenters. The quantitative estimate of drug-likeness (QED) is 0.554. The zero-order valence-corrected chi connectivity index (χ0v) is 16.5. The molecule has 1 N–H and O–H groups in total. The van der Waals surface area contributed by atoms with Gasteiger partial charge in [0.1, 0.15) is 0 Å². The monoisotopic (exact) mass is 378 g/mol. The summed E-state index contributed by atoms with van der Waals surface area (Å²) in [6, 6.07) is 0. The Kier molecular flexibility index (Phi) is 7.70. The number of aromatic nitrogens is 2. The van der Waals surface area contributed by atoms with Gasteiger partial charge in [0.05, 0.1) is 6.10 Å². The van der Waals surface area contributed by atoms with Crippen LogP contribution in [0.15, 0.2) is 17.6 Å². The number of nitrogens with one attached hydrogen (secondary N) is 1. The number of thioether (sulfide) groups is 1. The fourth-order valence-corrected chi connectivity index (χ4v) is 3.99. The van der Waals surface area contributed by atoms with Crippen molar-refractivity contribution in [3.8, 4) is 0 Å². The van der Waals surface area contributed by atoms with Crippen LogP contribution in [0.1, 0.15) is 44.1 Å².